The zero-order chi connectivity index (χ0) is 30.0. The lowest BCUT2D eigenvalue weighted by atomic mass is 9.82. The normalized spacial score (nSPS) is 12.4. The molecule has 0 heterocycles. The average Bonchev–Trinajstić information content (AvgIpc) is 3.19. The molecule has 0 saturated carbocycles. The molecular formula is C32H24O10. The smallest absolute Gasteiger partial charge is 0.449 e. The molecule has 0 fully saturated rings. The summed E-state index contributed by atoms with van der Waals surface area (Å²) in [5.41, 5.74) is 3.78. The summed E-state index contributed by atoms with van der Waals surface area (Å²) in [6, 6.07) is 22.2. The third kappa shape index (κ3) is 5.64. The molecule has 42 heavy (non-hydrogen) atoms. The van der Waals surface area contributed by atoms with Crippen LogP contribution in [0.1, 0.15) is 45.7 Å². The SMILES string of the molecule is COC(=O)Oc1ccc(C(=O)Oc2ccc3c(c2)C(C)(C)c2cc(OC(=O)c4ccc(OC(=O)O)cc4)ccc2-3)cc1. The van der Waals surface area contributed by atoms with Crippen molar-refractivity contribution in [2.75, 3.05) is 7.11 Å². The summed E-state index contributed by atoms with van der Waals surface area (Å²) in [4.78, 5) is 47.4. The van der Waals surface area contributed by atoms with Crippen molar-refractivity contribution in [3.63, 3.8) is 0 Å². The van der Waals surface area contributed by atoms with E-state index in [2.05, 4.69) is 9.47 Å². The third-order valence-corrected chi connectivity index (χ3v) is 6.79. The number of hydrogen-bond acceptors (Lipinski definition) is 9. The Morgan fingerprint density at radius 2 is 0.976 bits per heavy atom. The predicted molar refractivity (Wildman–Crippen MR) is 148 cm³/mol. The molecule has 0 amide bonds. The van der Waals surface area contributed by atoms with E-state index in [4.69, 9.17) is 19.3 Å². The molecule has 0 aromatic heterocycles. The Labute approximate surface area is 240 Å². The number of carbonyl (C=O) groups is 4. The first-order chi connectivity index (χ1) is 20.0. The Hall–Kier alpha value is -5.64. The lowest BCUT2D eigenvalue weighted by Crippen LogP contribution is -2.16. The fourth-order valence-electron chi connectivity index (χ4n) is 4.71. The van der Waals surface area contributed by atoms with Gasteiger partial charge in [0.25, 0.3) is 0 Å². The molecule has 10 heteroatoms. The second kappa shape index (κ2) is 11.1. The Kier molecular flexibility index (Phi) is 7.37. The van der Waals surface area contributed by atoms with Crippen LogP contribution in [-0.4, -0.2) is 36.5 Å². The van der Waals surface area contributed by atoms with E-state index < -0.39 is 29.7 Å². The van der Waals surface area contributed by atoms with Crippen LogP contribution >= 0.6 is 0 Å². The number of hydrogen-bond donors (Lipinski definition) is 1. The van der Waals surface area contributed by atoms with Gasteiger partial charge >= 0.3 is 24.2 Å². The molecule has 0 aliphatic heterocycles. The minimum absolute atomic E-state index is 0.0873. The molecule has 0 radical (unpaired) electrons. The molecule has 4 aromatic rings. The molecule has 1 N–H and O–H groups in total. The summed E-state index contributed by atoms with van der Waals surface area (Å²) in [6.07, 6.45) is -2.31. The van der Waals surface area contributed by atoms with Crippen LogP contribution in [0.2, 0.25) is 0 Å². The molecule has 1 aliphatic carbocycles. The van der Waals surface area contributed by atoms with Crippen LogP contribution < -0.4 is 18.9 Å². The number of fused-ring (bicyclic) bond motifs is 3. The Balaban J connectivity index is 1.31. The first-order valence-electron chi connectivity index (χ1n) is 12.7. The molecule has 212 valence electrons. The third-order valence-electron chi connectivity index (χ3n) is 6.79. The van der Waals surface area contributed by atoms with Gasteiger partial charge in [-0.25, -0.2) is 19.2 Å². The number of rotatable bonds is 6. The lowest BCUT2D eigenvalue weighted by Gasteiger charge is -2.22. The van der Waals surface area contributed by atoms with Crippen LogP contribution in [0.15, 0.2) is 84.9 Å². The van der Waals surface area contributed by atoms with Crippen LogP contribution in [-0.2, 0) is 10.2 Å². The van der Waals surface area contributed by atoms with Crippen molar-refractivity contribution >= 4 is 24.2 Å². The minimum Gasteiger partial charge on any atom is -0.449 e. The molecule has 0 saturated heterocycles. The highest BCUT2D eigenvalue weighted by atomic mass is 16.7. The van der Waals surface area contributed by atoms with E-state index in [0.717, 1.165) is 22.3 Å². The fraction of sp³-hybridized carbons (Fsp3) is 0.125. The summed E-state index contributed by atoms with van der Waals surface area (Å²) >= 11 is 0. The average molecular weight is 569 g/mol. The van der Waals surface area contributed by atoms with Gasteiger partial charge in [0.2, 0.25) is 0 Å². The number of benzene rings is 4. The van der Waals surface area contributed by atoms with Crippen LogP contribution in [0.4, 0.5) is 9.59 Å². The standard InChI is InChI=1S/C32H24O10/c1-32(2)26-16-22(39-28(33)18-4-8-20(9-5-18)41-30(35)36)12-14-24(26)25-15-13-23(17-27(25)32)40-29(34)19-6-10-21(11-7-19)42-31(37)38-3/h4-17H,1-3H3,(H,35,36). The molecule has 1 aliphatic rings. The maximum absolute atomic E-state index is 12.8. The molecule has 0 atom stereocenters. The van der Waals surface area contributed by atoms with Crippen LogP contribution in [0, 0.1) is 0 Å². The van der Waals surface area contributed by atoms with Gasteiger partial charge in [-0.15, -0.1) is 0 Å². The highest BCUT2D eigenvalue weighted by Gasteiger charge is 2.36. The van der Waals surface area contributed by atoms with Gasteiger partial charge in [-0.05, 0) is 95.1 Å². The van der Waals surface area contributed by atoms with Crippen LogP contribution in [0.3, 0.4) is 0 Å². The quantitative estimate of drug-likeness (QED) is 0.153. The molecule has 0 spiro atoms. The van der Waals surface area contributed by atoms with Crippen molar-refractivity contribution in [2.45, 2.75) is 19.3 Å². The predicted octanol–water partition coefficient (Wildman–Crippen LogP) is 6.63. The Bertz CT molecular complexity index is 1700. The number of ether oxygens (including phenoxy) is 5. The Morgan fingerprint density at radius 3 is 1.38 bits per heavy atom. The monoisotopic (exact) mass is 568 g/mol. The highest BCUT2D eigenvalue weighted by Crippen LogP contribution is 2.50. The molecular weight excluding hydrogens is 544 g/mol. The first kappa shape index (κ1) is 27.9. The Morgan fingerprint density at radius 1 is 0.571 bits per heavy atom. The van der Waals surface area contributed by atoms with Gasteiger partial charge in [0.05, 0.1) is 18.2 Å². The van der Waals surface area contributed by atoms with E-state index in [-0.39, 0.29) is 22.6 Å². The summed E-state index contributed by atoms with van der Waals surface area (Å²) in [5.74, 6) is -0.171. The largest absolute Gasteiger partial charge is 0.513 e. The van der Waals surface area contributed by atoms with Crippen LogP contribution in [0.25, 0.3) is 11.1 Å². The maximum atomic E-state index is 12.8. The number of esters is 2. The lowest BCUT2D eigenvalue weighted by molar-refractivity contribution is 0.0725. The van der Waals surface area contributed by atoms with Gasteiger partial charge in [0.1, 0.15) is 23.0 Å². The van der Waals surface area contributed by atoms with E-state index in [1.807, 2.05) is 32.0 Å². The van der Waals surface area contributed by atoms with E-state index in [9.17, 15) is 19.2 Å². The van der Waals surface area contributed by atoms with Crippen molar-refractivity contribution in [3.8, 4) is 34.1 Å². The van der Waals surface area contributed by atoms with Gasteiger partial charge in [-0.2, -0.15) is 0 Å². The zero-order valence-electron chi connectivity index (χ0n) is 22.7. The van der Waals surface area contributed by atoms with Crippen molar-refractivity contribution in [2.24, 2.45) is 0 Å². The number of carbonyl (C=O) groups excluding carboxylic acids is 3. The molecule has 10 nitrogen and oxygen atoms in total. The zero-order valence-corrected chi connectivity index (χ0v) is 22.7. The van der Waals surface area contributed by atoms with E-state index >= 15 is 0 Å². The van der Waals surface area contributed by atoms with E-state index in [1.54, 1.807) is 18.2 Å². The first-order valence-corrected chi connectivity index (χ1v) is 12.7. The second-order valence-corrected chi connectivity index (χ2v) is 9.79. The molecule has 0 bridgehead atoms. The summed E-state index contributed by atoms with van der Waals surface area (Å²) in [6.45, 7) is 4.05. The highest BCUT2D eigenvalue weighted by molar-refractivity contribution is 5.92. The van der Waals surface area contributed by atoms with Crippen molar-refractivity contribution in [1.82, 2.24) is 0 Å². The van der Waals surface area contributed by atoms with Gasteiger partial charge in [0, 0.05) is 5.41 Å². The van der Waals surface area contributed by atoms with Gasteiger partial charge in [-0.1, -0.05) is 26.0 Å². The van der Waals surface area contributed by atoms with Crippen molar-refractivity contribution < 1.29 is 48.0 Å². The summed E-state index contributed by atoms with van der Waals surface area (Å²) in [7, 11) is 1.20. The van der Waals surface area contributed by atoms with Crippen molar-refractivity contribution in [1.29, 1.82) is 0 Å². The summed E-state index contributed by atoms with van der Waals surface area (Å²) in [5, 5.41) is 8.71. The van der Waals surface area contributed by atoms with Crippen molar-refractivity contribution in [3.05, 3.63) is 107 Å². The van der Waals surface area contributed by atoms with E-state index in [1.165, 1.54) is 55.6 Å². The van der Waals surface area contributed by atoms with Gasteiger partial charge in [0.15, 0.2) is 0 Å². The molecule has 0 unspecified atom stereocenters. The number of methoxy groups -OCH3 is 1. The maximum Gasteiger partial charge on any atom is 0.513 e. The number of carboxylic acid groups (broad SMARTS) is 1. The van der Waals surface area contributed by atoms with E-state index in [0.29, 0.717) is 11.5 Å². The second-order valence-electron chi connectivity index (χ2n) is 9.79. The van der Waals surface area contributed by atoms with Gasteiger partial charge in [-0.3, -0.25) is 0 Å². The minimum atomic E-state index is -1.45. The summed E-state index contributed by atoms with van der Waals surface area (Å²) < 4.78 is 25.2. The van der Waals surface area contributed by atoms with Gasteiger partial charge < -0.3 is 28.8 Å². The topological polar surface area (TPSA) is 135 Å². The molecule has 4 aromatic carbocycles. The fourth-order valence-corrected chi connectivity index (χ4v) is 4.71. The molecule has 5 rings (SSSR count). The van der Waals surface area contributed by atoms with Crippen LogP contribution in [0.5, 0.6) is 23.0 Å².